The second kappa shape index (κ2) is 8.15. The van der Waals surface area contributed by atoms with Gasteiger partial charge in [0, 0.05) is 24.1 Å². The van der Waals surface area contributed by atoms with E-state index in [1.54, 1.807) is 30.9 Å². The van der Waals surface area contributed by atoms with E-state index in [0.29, 0.717) is 5.56 Å². The Morgan fingerprint density at radius 1 is 1.09 bits per heavy atom. The summed E-state index contributed by atoms with van der Waals surface area (Å²) >= 11 is 1.70. The van der Waals surface area contributed by atoms with Crippen LogP contribution in [-0.4, -0.2) is 53.6 Å². The third-order valence-electron chi connectivity index (χ3n) is 3.60. The average molecular weight is 331 g/mol. The second-order valence-electron chi connectivity index (χ2n) is 5.33. The van der Waals surface area contributed by atoms with Crippen LogP contribution in [0.1, 0.15) is 10.4 Å². The van der Waals surface area contributed by atoms with E-state index < -0.39 is 6.10 Å². The first-order valence-corrected chi connectivity index (χ1v) is 8.56. The predicted molar refractivity (Wildman–Crippen MR) is 93.7 cm³/mol. The maximum atomic E-state index is 12.3. The molecule has 0 aromatic heterocycles. The Bertz CT molecular complexity index is 640. The highest BCUT2D eigenvalue weighted by Gasteiger charge is 2.15. The van der Waals surface area contributed by atoms with Crippen LogP contribution in [-0.2, 0) is 0 Å². The molecule has 2 aromatic rings. The number of aliphatic hydroxyl groups excluding tert-OH is 2. The Labute approximate surface area is 140 Å². The molecule has 0 aliphatic rings. The maximum absolute atomic E-state index is 12.3. The smallest absolute Gasteiger partial charge is 0.253 e. The van der Waals surface area contributed by atoms with Gasteiger partial charge in [0.15, 0.2) is 0 Å². The van der Waals surface area contributed by atoms with Crippen molar-refractivity contribution in [2.75, 3.05) is 26.5 Å². The fourth-order valence-electron chi connectivity index (χ4n) is 2.27. The highest BCUT2D eigenvalue weighted by atomic mass is 32.2. The predicted octanol–water partition coefficient (Wildman–Crippen LogP) is 2.50. The summed E-state index contributed by atoms with van der Waals surface area (Å²) in [6.45, 7) is -0.254. The standard InChI is InChI=1S/C18H21NO3S/c1-19(11-16(21)12-20)18(22)15-5-3-13(4-6-15)14-7-9-17(23-2)10-8-14/h3-10,16,20-21H,11-12H2,1-2H3/t16-/m0/s1. The van der Waals surface area contributed by atoms with Crippen molar-refractivity contribution in [1.82, 2.24) is 4.90 Å². The van der Waals surface area contributed by atoms with E-state index in [-0.39, 0.29) is 19.1 Å². The van der Waals surface area contributed by atoms with Gasteiger partial charge in [-0.05, 0) is 41.6 Å². The van der Waals surface area contributed by atoms with Crippen LogP contribution in [0.25, 0.3) is 11.1 Å². The Morgan fingerprint density at radius 2 is 1.61 bits per heavy atom. The van der Waals surface area contributed by atoms with E-state index in [1.165, 1.54) is 9.80 Å². The summed E-state index contributed by atoms with van der Waals surface area (Å²) in [7, 11) is 1.61. The lowest BCUT2D eigenvalue weighted by Gasteiger charge is -2.19. The van der Waals surface area contributed by atoms with Crippen LogP contribution in [0.4, 0.5) is 0 Å². The molecule has 0 fully saturated rings. The van der Waals surface area contributed by atoms with Crippen LogP contribution in [0.5, 0.6) is 0 Å². The number of hydrogen-bond acceptors (Lipinski definition) is 4. The van der Waals surface area contributed by atoms with Crippen molar-refractivity contribution in [3.8, 4) is 11.1 Å². The van der Waals surface area contributed by atoms with Crippen molar-refractivity contribution >= 4 is 17.7 Å². The minimum Gasteiger partial charge on any atom is -0.394 e. The lowest BCUT2D eigenvalue weighted by molar-refractivity contribution is 0.0520. The number of benzene rings is 2. The zero-order chi connectivity index (χ0) is 16.8. The molecule has 2 rings (SSSR count). The van der Waals surface area contributed by atoms with Crippen LogP contribution in [0.15, 0.2) is 53.4 Å². The van der Waals surface area contributed by atoms with Gasteiger partial charge >= 0.3 is 0 Å². The van der Waals surface area contributed by atoms with Crippen molar-refractivity contribution in [3.63, 3.8) is 0 Å². The van der Waals surface area contributed by atoms with Gasteiger partial charge in [0.25, 0.3) is 5.91 Å². The quantitative estimate of drug-likeness (QED) is 0.799. The van der Waals surface area contributed by atoms with Gasteiger partial charge in [-0.1, -0.05) is 24.3 Å². The minimum atomic E-state index is -0.918. The number of aliphatic hydroxyl groups is 2. The number of carbonyl (C=O) groups is 1. The van der Waals surface area contributed by atoms with Crippen molar-refractivity contribution < 1.29 is 15.0 Å². The summed E-state index contributed by atoms with van der Waals surface area (Å²) in [5.41, 5.74) is 2.71. The van der Waals surface area contributed by atoms with Gasteiger partial charge < -0.3 is 15.1 Å². The average Bonchev–Trinajstić information content (AvgIpc) is 2.61. The lowest BCUT2D eigenvalue weighted by atomic mass is 10.0. The molecule has 5 heteroatoms. The monoisotopic (exact) mass is 331 g/mol. The molecule has 0 aliphatic carbocycles. The number of amides is 1. The van der Waals surface area contributed by atoms with E-state index in [4.69, 9.17) is 5.11 Å². The van der Waals surface area contributed by atoms with Crippen LogP contribution >= 0.6 is 11.8 Å². The van der Waals surface area contributed by atoms with Gasteiger partial charge in [-0.2, -0.15) is 0 Å². The molecule has 0 saturated heterocycles. The van der Waals surface area contributed by atoms with Crippen LogP contribution in [0, 0.1) is 0 Å². The maximum Gasteiger partial charge on any atom is 0.253 e. The molecule has 0 aliphatic heterocycles. The van der Waals surface area contributed by atoms with E-state index in [0.717, 1.165) is 11.1 Å². The van der Waals surface area contributed by atoms with Crippen LogP contribution in [0.3, 0.4) is 0 Å². The molecule has 2 N–H and O–H groups in total. The number of likely N-dealkylation sites (N-methyl/N-ethyl adjacent to an activating group) is 1. The third kappa shape index (κ3) is 4.58. The SMILES string of the molecule is CSc1ccc(-c2ccc(C(=O)N(C)C[C@H](O)CO)cc2)cc1. The molecular weight excluding hydrogens is 310 g/mol. The first-order chi connectivity index (χ1) is 11.0. The van der Waals surface area contributed by atoms with Crippen molar-refractivity contribution in [2.45, 2.75) is 11.0 Å². The summed E-state index contributed by atoms with van der Waals surface area (Å²) in [5.74, 6) is -0.179. The highest BCUT2D eigenvalue weighted by Crippen LogP contribution is 2.23. The normalized spacial score (nSPS) is 12.0. The number of rotatable bonds is 6. The number of hydrogen-bond donors (Lipinski definition) is 2. The summed E-state index contributed by atoms with van der Waals surface area (Å²) in [6, 6.07) is 15.7. The summed E-state index contributed by atoms with van der Waals surface area (Å²) in [5, 5.41) is 18.3. The molecular formula is C18H21NO3S. The van der Waals surface area contributed by atoms with E-state index in [9.17, 15) is 9.90 Å². The molecule has 122 valence electrons. The van der Waals surface area contributed by atoms with Gasteiger partial charge in [0.05, 0.1) is 12.7 Å². The summed E-state index contributed by atoms with van der Waals surface area (Å²) < 4.78 is 0. The van der Waals surface area contributed by atoms with E-state index in [1.807, 2.05) is 18.4 Å². The fourth-order valence-corrected chi connectivity index (χ4v) is 2.67. The number of thioether (sulfide) groups is 1. The molecule has 0 unspecified atom stereocenters. The van der Waals surface area contributed by atoms with Crippen LogP contribution < -0.4 is 0 Å². The lowest BCUT2D eigenvalue weighted by Crippen LogP contribution is -2.35. The zero-order valence-electron chi connectivity index (χ0n) is 13.3. The molecule has 1 atom stereocenters. The van der Waals surface area contributed by atoms with E-state index in [2.05, 4.69) is 24.3 Å². The summed E-state index contributed by atoms with van der Waals surface area (Å²) in [4.78, 5) is 14.9. The minimum absolute atomic E-state index is 0.104. The first kappa shape index (κ1) is 17.5. The fraction of sp³-hybridized carbons (Fsp3) is 0.278. The third-order valence-corrected chi connectivity index (χ3v) is 4.34. The molecule has 0 saturated carbocycles. The largest absolute Gasteiger partial charge is 0.394 e. The van der Waals surface area contributed by atoms with Gasteiger partial charge in [0.2, 0.25) is 0 Å². The first-order valence-electron chi connectivity index (χ1n) is 7.34. The molecule has 0 radical (unpaired) electrons. The van der Waals surface area contributed by atoms with Gasteiger partial charge in [0.1, 0.15) is 0 Å². The Morgan fingerprint density at radius 3 is 2.09 bits per heavy atom. The van der Waals surface area contributed by atoms with Crippen molar-refractivity contribution in [1.29, 1.82) is 0 Å². The van der Waals surface area contributed by atoms with Crippen LogP contribution in [0.2, 0.25) is 0 Å². The Hall–Kier alpha value is -1.82. The highest BCUT2D eigenvalue weighted by molar-refractivity contribution is 7.98. The zero-order valence-corrected chi connectivity index (χ0v) is 14.1. The van der Waals surface area contributed by atoms with Crippen molar-refractivity contribution in [2.24, 2.45) is 0 Å². The molecule has 23 heavy (non-hydrogen) atoms. The molecule has 1 amide bonds. The summed E-state index contributed by atoms with van der Waals surface area (Å²) in [6.07, 6.45) is 1.12. The van der Waals surface area contributed by atoms with Crippen molar-refractivity contribution in [3.05, 3.63) is 54.1 Å². The Kier molecular flexibility index (Phi) is 6.21. The molecule has 0 bridgehead atoms. The second-order valence-corrected chi connectivity index (χ2v) is 6.21. The molecule has 2 aromatic carbocycles. The topological polar surface area (TPSA) is 60.8 Å². The number of nitrogens with zero attached hydrogens (tertiary/aromatic N) is 1. The van der Waals surface area contributed by atoms with Gasteiger partial charge in [-0.3, -0.25) is 4.79 Å². The number of carbonyl (C=O) groups excluding carboxylic acids is 1. The molecule has 4 nitrogen and oxygen atoms in total. The Balaban J connectivity index is 2.10. The molecule has 0 heterocycles. The van der Waals surface area contributed by atoms with Gasteiger partial charge in [-0.15, -0.1) is 11.8 Å². The van der Waals surface area contributed by atoms with E-state index >= 15 is 0 Å². The van der Waals surface area contributed by atoms with Gasteiger partial charge in [-0.25, -0.2) is 0 Å². The molecule has 0 spiro atoms.